The number of carbonyl (C=O) groups excluding carboxylic acids is 1. The maximum Gasteiger partial charge on any atom is 0.263 e. The Morgan fingerprint density at radius 1 is 1.03 bits per heavy atom. The molecule has 152 valence electrons. The molecule has 0 unspecified atom stereocenters. The van der Waals surface area contributed by atoms with Gasteiger partial charge >= 0.3 is 0 Å². The van der Waals surface area contributed by atoms with E-state index in [9.17, 15) is 13.2 Å². The second-order valence-corrected chi connectivity index (χ2v) is 8.83. The van der Waals surface area contributed by atoms with Gasteiger partial charge in [-0.1, -0.05) is 12.1 Å². The molecule has 7 nitrogen and oxygen atoms in total. The average Bonchev–Trinajstić information content (AvgIpc) is 3.02. The molecule has 2 aliphatic heterocycles. The lowest BCUT2D eigenvalue weighted by Gasteiger charge is -2.28. The van der Waals surface area contributed by atoms with Crippen molar-refractivity contribution < 1.29 is 13.2 Å². The van der Waals surface area contributed by atoms with Gasteiger partial charge in [0.05, 0.1) is 11.4 Å². The smallest absolute Gasteiger partial charge is 0.263 e. The zero-order chi connectivity index (χ0) is 20.3. The number of hydrogen-bond acceptors (Lipinski definition) is 5. The van der Waals surface area contributed by atoms with Gasteiger partial charge in [0.15, 0.2) is 0 Å². The number of nitrogens with zero attached hydrogens (tertiary/aromatic N) is 2. The van der Waals surface area contributed by atoms with Gasteiger partial charge in [-0.05, 0) is 55.7 Å². The summed E-state index contributed by atoms with van der Waals surface area (Å²) < 4.78 is 26.6. The molecule has 0 aromatic heterocycles. The van der Waals surface area contributed by atoms with Gasteiger partial charge in [0, 0.05) is 36.4 Å². The van der Waals surface area contributed by atoms with Crippen LogP contribution in [0.2, 0.25) is 0 Å². The summed E-state index contributed by atoms with van der Waals surface area (Å²) in [4.78, 5) is 19.2. The molecule has 2 aromatic carbocycles. The van der Waals surface area contributed by atoms with Crippen LogP contribution in [0.25, 0.3) is 0 Å². The summed E-state index contributed by atoms with van der Waals surface area (Å²) in [5.41, 5.74) is 2.32. The normalized spacial score (nSPS) is 18.9. The highest BCUT2D eigenvalue weighted by Crippen LogP contribution is 2.22. The zero-order valence-corrected chi connectivity index (χ0v) is 16.9. The lowest BCUT2D eigenvalue weighted by molar-refractivity contribution is 0.0955. The summed E-state index contributed by atoms with van der Waals surface area (Å²) in [6, 6.07) is 14.4. The van der Waals surface area contributed by atoms with E-state index in [0.29, 0.717) is 23.5 Å². The van der Waals surface area contributed by atoms with Crippen molar-refractivity contribution in [1.29, 1.82) is 0 Å². The molecule has 1 saturated heterocycles. The number of fused-ring (bicyclic) bond motifs is 1. The third-order valence-corrected chi connectivity index (χ3v) is 6.58. The van der Waals surface area contributed by atoms with E-state index in [1.165, 1.54) is 19.3 Å². The number of aliphatic imine (C=N–C) groups is 1. The van der Waals surface area contributed by atoms with Crippen molar-refractivity contribution in [3.63, 3.8) is 0 Å². The summed E-state index contributed by atoms with van der Waals surface area (Å²) in [5, 5.41) is 2.83. The highest BCUT2D eigenvalue weighted by molar-refractivity contribution is 7.90. The van der Waals surface area contributed by atoms with Crippen LogP contribution in [0.5, 0.6) is 0 Å². The summed E-state index contributed by atoms with van der Waals surface area (Å²) in [6.45, 7) is 2.74. The number of amides is 1. The van der Waals surface area contributed by atoms with Crippen LogP contribution in [0.1, 0.15) is 35.2 Å². The molecule has 0 aliphatic carbocycles. The number of carbonyl (C=O) groups is 1. The minimum Gasteiger partial charge on any atom is -0.372 e. The molecule has 2 heterocycles. The van der Waals surface area contributed by atoms with Crippen LogP contribution in [-0.2, 0) is 10.0 Å². The minimum atomic E-state index is -3.54. The fraction of sp³-hybridized carbons (Fsp3) is 0.333. The molecule has 0 saturated carbocycles. The van der Waals surface area contributed by atoms with Crippen LogP contribution in [0.15, 0.2) is 58.4 Å². The Hall–Kier alpha value is -2.87. The number of piperidine rings is 1. The van der Waals surface area contributed by atoms with E-state index < -0.39 is 10.0 Å². The third kappa shape index (κ3) is 4.27. The lowest BCUT2D eigenvalue weighted by atomic mass is 10.1. The third-order valence-electron chi connectivity index (χ3n) is 5.18. The van der Waals surface area contributed by atoms with Crippen LogP contribution in [0, 0.1) is 0 Å². The molecular weight excluding hydrogens is 388 g/mol. The van der Waals surface area contributed by atoms with Gasteiger partial charge in [0.1, 0.15) is 5.84 Å². The van der Waals surface area contributed by atoms with Gasteiger partial charge < -0.3 is 10.2 Å². The van der Waals surface area contributed by atoms with Crippen molar-refractivity contribution in [2.45, 2.75) is 24.2 Å². The average molecular weight is 413 g/mol. The topological polar surface area (TPSA) is 90.9 Å². The molecular formula is C21H24N4O3S. The number of benzene rings is 2. The summed E-state index contributed by atoms with van der Waals surface area (Å²) in [6.07, 6.45) is 3.71. The number of nitrogens with one attached hydrogen (secondary N) is 2. The van der Waals surface area contributed by atoms with Gasteiger partial charge in [0.2, 0.25) is 0 Å². The van der Waals surface area contributed by atoms with Gasteiger partial charge in [-0.15, -0.1) is 0 Å². The van der Waals surface area contributed by atoms with E-state index >= 15 is 0 Å². The largest absolute Gasteiger partial charge is 0.372 e. The van der Waals surface area contributed by atoms with Crippen molar-refractivity contribution in [3.05, 3.63) is 59.7 Å². The molecule has 2 N–H and O–H groups in total. The van der Waals surface area contributed by atoms with E-state index in [2.05, 4.69) is 19.9 Å². The highest BCUT2D eigenvalue weighted by atomic mass is 32.2. The second-order valence-electron chi connectivity index (χ2n) is 7.18. The van der Waals surface area contributed by atoms with Gasteiger partial charge in [-0.3, -0.25) is 14.5 Å². The molecule has 0 spiro atoms. The lowest BCUT2D eigenvalue weighted by Crippen LogP contribution is -2.30. The first-order chi connectivity index (χ1) is 14.0. The summed E-state index contributed by atoms with van der Waals surface area (Å²) in [5.74, 6) is 0.156. The summed E-state index contributed by atoms with van der Waals surface area (Å²) >= 11 is 0. The predicted molar refractivity (Wildman–Crippen MR) is 113 cm³/mol. The molecule has 29 heavy (non-hydrogen) atoms. The van der Waals surface area contributed by atoms with Crippen molar-refractivity contribution >= 4 is 27.5 Å². The maximum atomic E-state index is 12.3. The Kier molecular flexibility index (Phi) is 5.53. The molecule has 2 aromatic rings. The van der Waals surface area contributed by atoms with Crippen molar-refractivity contribution in [2.75, 3.05) is 31.1 Å². The first-order valence-corrected chi connectivity index (χ1v) is 11.3. The number of anilines is 1. The molecule has 4 rings (SSSR count). The Balaban J connectivity index is 1.32. The number of amidine groups is 1. The molecule has 8 heteroatoms. The van der Waals surface area contributed by atoms with Crippen molar-refractivity contribution in [2.24, 2.45) is 4.99 Å². The fourth-order valence-electron chi connectivity index (χ4n) is 3.67. The number of sulfonamides is 1. The minimum absolute atomic E-state index is 0.164. The van der Waals surface area contributed by atoms with E-state index in [1.54, 1.807) is 24.3 Å². The molecule has 1 fully saturated rings. The van der Waals surface area contributed by atoms with Crippen molar-refractivity contribution in [3.8, 4) is 0 Å². The van der Waals surface area contributed by atoms with Crippen molar-refractivity contribution in [1.82, 2.24) is 10.0 Å². The van der Waals surface area contributed by atoms with E-state index in [4.69, 9.17) is 0 Å². The highest BCUT2D eigenvalue weighted by Gasteiger charge is 2.29. The molecule has 0 atom stereocenters. The van der Waals surface area contributed by atoms with Crippen LogP contribution < -0.4 is 14.9 Å². The standard InChI is InChI=1S/C21H24N4O3S/c26-21(16-8-10-17(11-9-16)25-14-4-1-5-15-25)23-13-12-22-20-18-6-2-3-7-19(18)29(27,28)24-20/h2-3,6-11H,1,4-5,12-15H2,(H,22,24)(H,23,26). The van der Waals surface area contributed by atoms with E-state index in [0.717, 1.165) is 18.8 Å². The Morgan fingerprint density at radius 3 is 2.52 bits per heavy atom. The predicted octanol–water partition coefficient (Wildman–Crippen LogP) is 2.15. The van der Waals surface area contributed by atoms with Crippen LogP contribution in [-0.4, -0.2) is 46.3 Å². The SMILES string of the molecule is O=C(NCCN=C1NS(=O)(=O)c2ccccc21)c1ccc(N2CCCCC2)cc1. The number of hydrogen-bond donors (Lipinski definition) is 2. The van der Waals surface area contributed by atoms with E-state index in [1.807, 2.05) is 24.3 Å². The monoisotopic (exact) mass is 412 g/mol. The van der Waals surface area contributed by atoms with Crippen LogP contribution in [0.4, 0.5) is 5.69 Å². The van der Waals surface area contributed by atoms with Gasteiger partial charge in [0.25, 0.3) is 15.9 Å². The summed E-state index contributed by atoms with van der Waals surface area (Å²) in [7, 11) is -3.54. The van der Waals surface area contributed by atoms with Gasteiger partial charge in [-0.25, -0.2) is 8.42 Å². The molecule has 0 bridgehead atoms. The quantitative estimate of drug-likeness (QED) is 0.736. The Labute approximate surface area is 170 Å². The number of rotatable bonds is 5. The Morgan fingerprint density at radius 2 is 1.76 bits per heavy atom. The van der Waals surface area contributed by atoms with Crippen LogP contribution >= 0.6 is 0 Å². The second kappa shape index (κ2) is 8.24. The first kappa shape index (κ1) is 19.4. The van der Waals surface area contributed by atoms with Gasteiger partial charge in [-0.2, -0.15) is 0 Å². The first-order valence-electron chi connectivity index (χ1n) is 9.84. The van der Waals surface area contributed by atoms with E-state index in [-0.39, 0.29) is 17.3 Å². The zero-order valence-electron chi connectivity index (χ0n) is 16.1. The molecule has 0 radical (unpaired) electrons. The van der Waals surface area contributed by atoms with Crippen LogP contribution in [0.3, 0.4) is 0 Å². The maximum absolute atomic E-state index is 12.3. The molecule has 1 amide bonds. The Bertz CT molecular complexity index is 1030. The fourth-order valence-corrected chi connectivity index (χ4v) is 4.92. The molecule has 2 aliphatic rings.